The average Bonchev–Trinajstić information content (AvgIpc) is 2.87. The maximum absolute atomic E-state index is 10.9. The Morgan fingerprint density at radius 1 is 1.53 bits per heavy atom. The Bertz CT molecular complexity index is 580. The van der Waals surface area contributed by atoms with Crippen LogP contribution in [0.5, 0.6) is 0 Å². The van der Waals surface area contributed by atoms with Gasteiger partial charge in [-0.1, -0.05) is 12.1 Å². The zero-order chi connectivity index (χ0) is 13.8. The summed E-state index contributed by atoms with van der Waals surface area (Å²) in [6, 6.07) is 6.81. The highest BCUT2D eigenvalue weighted by Gasteiger charge is 2.10. The van der Waals surface area contributed by atoms with Crippen LogP contribution in [0.1, 0.15) is 22.3 Å². The Morgan fingerprint density at radius 3 is 3.00 bits per heavy atom. The van der Waals surface area contributed by atoms with Crippen LogP contribution in [0.2, 0.25) is 0 Å². The normalized spacial score (nSPS) is 12.3. The van der Waals surface area contributed by atoms with Crippen molar-refractivity contribution in [3.8, 4) is 11.3 Å². The van der Waals surface area contributed by atoms with E-state index < -0.39 is 5.97 Å². The minimum Gasteiger partial charge on any atom is -0.478 e. The Hall–Kier alpha value is -1.72. The van der Waals surface area contributed by atoms with Gasteiger partial charge >= 0.3 is 5.97 Å². The summed E-state index contributed by atoms with van der Waals surface area (Å²) in [5.41, 5.74) is 1.91. The molecule has 0 bridgehead atoms. The Labute approximate surface area is 115 Å². The van der Waals surface area contributed by atoms with Crippen molar-refractivity contribution in [2.75, 3.05) is 7.11 Å². The minimum absolute atomic E-state index is 0.129. The zero-order valence-electron chi connectivity index (χ0n) is 10.8. The number of carboxylic acids is 1. The van der Waals surface area contributed by atoms with Crippen LogP contribution in [0, 0.1) is 0 Å². The quantitative estimate of drug-likeness (QED) is 0.912. The monoisotopic (exact) mass is 277 g/mol. The molecule has 19 heavy (non-hydrogen) atoms. The fourth-order valence-corrected chi connectivity index (χ4v) is 2.60. The molecule has 2 aromatic rings. The molecular weight excluding hydrogens is 262 g/mol. The standard InChI is InChI=1S/C14H15NO3S/c1-9(18-2)6-13-15-12(8-19-13)10-4-3-5-11(7-10)14(16)17/h3-5,7-9H,6H2,1-2H3,(H,16,17). The SMILES string of the molecule is COC(C)Cc1nc(-c2cccc(C(=O)O)c2)cs1. The molecule has 1 atom stereocenters. The first-order valence-electron chi connectivity index (χ1n) is 5.91. The summed E-state index contributed by atoms with van der Waals surface area (Å²) in [7, 11) is 1.68. The molecule has 0 saturated carbocycles. The van der Waals surface area contributed by atoms with Crippen LogP contribution in [0.15, 0.2) is 29.6 Å². The number of aromatic carboxylic acids is 1. The van der Waals surface area contributed by atoms with E-state index >= 15 is 0 Å². The number of hydrogen-bond donors (Lipinski definition) is 1. The van der Waals surface area contributed by atoms with E-state index in [9.17, 15) is 4.79 Å². The predicted octanol–water partition coefficient (Wildman–Crippen LogP) is 3.09. The van der Waals surface area contributed by atoms with Crippen molar-refractivity contribution in [1.82, 2.24) is 4.98 Å². The zero-order valence-corrected chi connectivity index (χ0v) is 11.6. The third-order valence-corrected chi connectivity index (χ3v) is 3.69. The highest BCUT2D eigenvalue weighted by Crippen LogP contribution is 2.23. The molecule has 0 fully saturated rings. The number of rotatable bonds is 5. The molecule has 4 nitrogen and oxygen atoms in total. The van der Waals surface area contributed by atoms with Gasteiger partial charge in [0.05, 0.1) is 22.4 Å². The van der Waals surface area contributed by atoms with E-state index in [2.05, 4.69) is 4.98 Å². The lowest BCUT2D eigenvalue weighted by Crippen LogP contribution is -2.08. The summed E-state index contributed by atoms with van der Waals surface area (Å²) in [4.78, 5) is 15.5. The predicted molar refractivity (Wildman–Crippen MR) is 74.7 cm³/mol. The number of carbonyl (C=O) groups is 1. The second kappa shape index (κ2) is 5.95. The van der Waals surface area contributed by atoms with Gasteiger partial charge in [-0.2, -0.15) is 0 Å². The summed E-state index contributed by atoms with van der Waals surface area (Å²) in [5.74, 6) is -0.926. The van der Waals surface area contributed by atoms with Crippen LogP contribution >= 0.6 is 11.3 Å². The van der Waals surface area contributed by atoms with Crippen molar-refractivity contribution >= 4 is 17.3 Å². The van der Waals surface area contributed by atoms with E-state index in [0.29, 0.717) is 0 Å². The number of thiazole rings is 1. The largest absolute Gasteiger partial charge is 0.478 e. The van der Waals surface area contributed by atoms with E-state index in [1.165, 1.54) is 0 Å². The van der Waals surface area contributed by atoms with Crippen LogP contribution in [0.4, 0.5) is 0 Å². The van der Waals surface area contributed by atoms with E-state index in [1.807, 2.05) is 18.4 Å². The Morgan fingerprint density at radius 2 is 2.32 bits per heavy atom. The van der Waals surface area contributed by atoms with Crippen molar-refractivity contribution < 1.29 is 14.6 Å². The van der Waals surface area contributed by atoms with Crippen molar-refractivity contribution in [3.63, 3.8) is 0 Å². The molecule has 1 aromatic carbocycles. The first-order valence-corrected chi connectivity index (χ1v) is 6.79. The molecule has 0 radical (unpaired) electrons. The molecule has 1 heterocycles. The molecule has 0 amide bonds. The van der Waals surface area contributed by atoms with Gasteiger partial charge < -0.3 is 9.84 Å². The van der Waals surface area contributed by atoms with Crippen LogP contribution in [0.3, 0.4) is 0 Å². The van der Waals surface area contributed by atoms with E-state index in [0.717, 1.165) is 22.7 Å². The highest BCUT2D eigenvalue weighted by molar-refractivity contribution is 7.09. The van der Waals surface area contributed by atoms with Crippen molar-refractivity contribution in [2.45, 2.75) is 19.4 Å². The lowest BCUT2D eigenvalue weighted by atomic mass is 10.1. The maximum Gasteiger partial charge on any atom is 0.335 e. The van der Waals surface area contributed by atoms with Gasteiger partial charge in [0.25, 0.3) is 0 Å². The molecule has 1 N–H and O–H groups in total. The number of aromatic nitrogens is 1. The molecule has 0 spiro atoms. The molecule has 5 heteroatoms. The van der Waals surface area contributed by atoms with Crippen LogP contribution in [-0.2, 0) is 11.2 Å². The molecule has 0 aliphatic carbocycles. The van der Waals surface area contributed by atoms with Crippen molar-refractivity contribution in [1.29, 1.82) is 0 Å². The van der Waals surface area contributed by atoms with Gasteiger partial charge in [0, 0.05) is 24.5 Å². The van der Waals surface area contributed by atoms with Crippen LogP contribution in [0.25, 0.3) is 11.3 Å². The summed E-state index contributed by atoms with van der Waals surface area (Å²) in [5, 5.41) is 11.9. The number of methoxy groups -OCH3 is 1. The second-order valence-electron chi connectivity index (χ2n) is 4.26. The molecular formula is C14H15NO3S. The van der Waals surface area contributed by atoms with Gasteiger partial charge in [0.15, 0.2) is 0 Å². The molecule has 2 rings (SSSR count). The fourth-order valence-electron chi connectivity index (χ4n) is 1.68. The summed E-state index contributed by atoms with van der Waals surface area (Å²) in [6.45, 7) is 1.99. The first-order chi connectivity index (χ1) is 9.10. The summed E-state index contributed by atoms with van der Waals surface area (Å²) < 4.78 is 5.21. The van der Waals surface area contributed by atoms with E-state index in [4.69, 9.17) is 9.84 Å². The molecule has 100 valence electrons. The minimum atomic E-state index is -0.926. The lowest BCUT2D eigenvalue weighted by molar-refractivity contribution is 0.0697. The molecule has 0 aliphatic heterocycles. The number of carboxylic acid groups (broad SMARTS) is 1. The fraction of sp³-hybridized carbons (Fsp3) is 0.286. The van der Waals surface area contributed by atoms with Crippen LogP contribution in [-0.4, -0.2) is 29.3 Å². The summed E-state index contributed by atoms with van der Waals surface area (Å²) in [6.07, 6.45) is 0.893. The number of ether oxygens (including phenoxy) is 1. The van der Waals surface area contributed by atoms with E-state index in [-0.39, 0.29) is 11.7 Å². The lowest BCUT2D eigenvalue weighted by Gasteiger charge is -2.05. The topological polar surface area (TPSA) is 59.4 Å². The van der Waals surface area contributed by atoms with E-state index in [1.54, 1.807) is 36.6 Å². The summed E-state index contributed by atoms with van der Waals surface area (Å²) >= 11 is 1.56. The number of nitrogens with zero attached hydrogens (tertiary/aromatic N) is 1. The van der Waals surface area contributed by atoms with Crippen molar-refractivity contribution in [3.05, 3.63) is 40.2 Å². The molecule has 0 saturated heterocycles. The number of benzene rings is 1. The average molecular weight is 277 g/mol. The van der Waals surface area contributed by atoms with Crippen LogP contribution < -0.4 is 0 Å². The third kappa shape index (κ3) is 3.39. The van der Waals surface area contributed by atoms with Crippen molar-refractivity contribution in [2.24, 2.45) is 0 Å². The molecule has 1 aromatic heterocycles. The molecule has 1 unspecified atom stereocenters. The first kappa shape index (κ1) is 13.7. The van der Waals surface area contributed by atoms with Gasteiger partial charge in [-0.15, -0.1) is 11.3 Å². The Kier molecular flexibility index (Phi) is 4.29. The Balaban J connectivity index is 2.22. The third-order valence-electron chi connectivity index (χ3n) is 2.82. The van der Waals surface area contributed by atoms with Gasteiger partial charge in [-0.3, -0.25) is 0 Å². The second-order valence-corrected chi connectivity index (χ2v) is 5.21. The smallest absolute Gasteiger partial charge is 0.335 e. The van der Waals surface area contributed by atoms with Gasteiger partial charge in [0.1, 0.15) is 0 Å². The van der Waals surface area contributed by atoms with Gasteiger partial charge in [0.2, 0.25) is 0 Å². The highest BCUT2D eigenvalue weighted by atomic mass is 32.1. The van der Waals surface area contributed by atoms with Gasteiger partial charge in [-0.25, -0.2) is 9.78 Å². The molecule has 0 aliphatic rings. The van der Waals surface area contributed by atoms with Gasteiger partial charge in [-0.05, 0) is 19.1 Å². The maximum atomic E-state index is 10.9. The number of hydrogen-bond acceptors (Lipinski definition) is 4.